The van der Waals surface area contributed by atoms with Crippen molar-refractivity contribution in [3.63, 3.8) is 0 Å². The molecule has 0 aromatic carbocycles. The zero-order valence-corrected chi connectivity index (χ0v) is 13.0. The van der Waals surface area contributed by atoms with E-state index in [0.717, 1.165) is 44.1 Å². The second-order valence-electron chi connectivity index (χ2n) is 5.03. The van der Waals surface area contributed by atoms with Crippen molar-refractivity contribution in [1.29, 1.82) is 0 Å². The highest BCUT2D eigenvalue weighted by Gasteiger charge is 2.25. The molecule has 0 bridgehead atoms. The summed E-state index contributed by atoms with van der Waals surface area (Å²) in [5, 5.41) is 9.04. The summed E-state index contributed by atoms with van der Waals surface area (Å²) in [7, 11) is 0. The molecule has 116 valence electrons. The topological polar surface area (TPSA) is 72.8 Å². The predicted molar refractivity (Wildman–Crippen MR) is 77.9 cm³/mol. The average Bonchev–Trinajstić information content (AvgIpc) is 2.40. The molecule has 1 N–H and O–H groups in total. The van der Waals surface area contributed by atoms with Gasteiger partial charge in [0.1, 0.15) is 0 Å². The van der Waals surface area contributed by atoms with E-state index in [4.69, 9.17) is 14.6 Å². The maximum Gasteiger partial charge on any atom is 0.309 e. The number of carbonyl (C=O) groups is 2. The largest absolute Gasteiger partial charge is 0.481 e. The first kappa shape index (κ1) is 17.5. The molecule has 0 aromatic heterocycles. The van der Waals surface area contributed by atoms with Crippen LogP contribution in [0.25, 0.3) is 0 Å². The molecule has 20 heavy (non-hydrogen) atoms. The first-order valence-electron chi connectivity index (χ1n) is 7.12. The molecule has 1 aliphatic carbocycles. The first-order chi connectivity index (χ1) is 9.52. The van der Waals surface area contributed by atoms with Crippen molar-refractivity contribution in [3.05, 3.63) is 0 Å². The van der Waals surface area contributed by atoms with E-state index in [2.05, 4.69) is 0 Å². The number of rotatable bonds is 8. The standard InChI is InChI=1S/C14H24O5S/c1-3-18-12-4-6-13(7-5-12)19-8-11(14(16)17)9-20-10(2)15/h11-13H,3-9H2,1-2H3,(H,16,17). The number of carboxylic acid groups (broad SMARTS) is 1. The Morgan fingerprint density at radius 2 is 1.75 bits per heavy atom. The fourth-order valence-electron chi connectivity index (χ4n) is 2.26. The van der Waals surface area contributed by atoms with Gasteiger partial charge in [0.15, 0.2) is 5.12 Å². The summed E-state index contributed by atoms with van der Waals surface area (Å²) in [5.41, 5.74) is 0. The Morgan fingerprint density at radius 1 is 1.20 bits per heavy atom. The lowest BCUT2D eigenvalue weighted by molar-refractivity contribution is -0.144. The van der Waals surface area contributed by atoms with Crippen molar-refractivity contribution >= 4 is 22.8 Å². The molecule has 1 unspecified atom stereocenters. The van der Waals surface area contributed by atoms with Crippen LogP contribution < -0.4 is 0 Å². The molecule has 5 nitrogen and oxygen atoms in total. The van der Waals surface area contributed by atoms with Crippen molar-refractivity contribution in [3.8, 4) is 0 Å². The number of aliphatic carboxylic acids is 1. The molecule has 1 aliphatic rings. The van der Waals surface area contributed by atoms with Gasteiger partial charge in [-0.3, -0.25) is 9.59 Å². The summed E-state index contributed by atoms with van der Waals surface area (Å²) in [5.74, 6) is -1.24. The minimum Gasteiger partial charge on any atom is -0.481 e. The van der Waals surface area contributed by atoms with Gasteiger partial charge in [-0.05, 0) is 32.6 Å². The van der Waals surface area contributed by atoms with Crippen molar-refractivity contribution in [1.82, 2.24) is 0 Å². The average molecular weight is 304 g/mol. The van der Waals surface area contributed by atoms with Crippen molar-refractivity contribution in [2.45, 2.75) is 51.7 Å². The highest BCUT2D eigenvalue weighted by molar-refractivity contribution is 8.13. The van der Waals surface area contributed by atoms with Crippen LogP contribution in [0.3, 0.4) is 0 Å². The number of carbonyl (C=O) groups excluding carboxylic acids is 1. The maximum atomic E-state index is 11.1. The zero-order chi connectivity index (χ0) is 15.0. The minimum atomic E-state index is -0.901. The van der Waals surface area contributed by atoms with E-state index in [9.17, 15) is 9.59 Å². The molecule has 0 spiro atoms. The molecule has 1 rings (SSSR count). The van der Waals surface area contributed by atoms with Gasteiger partial charge in [-0.15, -0.1) is 0 Å². The summed E-state index contributed by atoms with van der Waals surface area (Å²) in [6.45, 7) is 4.35. The molecule has 0 aliphatic heterocycles. The van der Waals surface area contributed by atoms with Gasteiger partial charge in [-0.1, -0.05) is 11.8 Å². The van der Waals surface area contributed by atoms with Gasteiger partial charge in [0.2, 0.25) is 0 Å². The number of thioether (sulfide) groups is 1. The van der Waals surface area contributed by atoms with E-state index in [1.54, 1.807) is 0 Å². The monoisotopic (exact) mass is 304 g/mol. The molecule has 1 fully saturated rings. The van der Waals surface area contributed by atoms with Crippen molar-refractivity contribution in [2.24, 2.45) is 5.92 Å². The minimum absolute atomic E-state index is 0.0616. The van der Waals surface area contributed by atoms with E-state index in [0.29, 0.717) is 6.10 Å². The molecule has 0 saturated heterocycles. The van der Waals surface area contributed by atoms with Crippen LogP contribution in [0.15, 0.2) is 0 Å². The number of ether oxygens (including phenoxy) is 2. The second kappa shape index (κ2) is 9.37. The highest BCUT2D eigenvalue weighted by Crippen LogP contribution is 2.24. The summed E-state index contributed by atoms with van der Waals surface area (Å²) < 4.78 is 11.3. The maximum absolute atomic E-state index is 11.1. The summed E-state index contributed by atoms with van der Waals surface area (Å²) in [6.07, 6.45) is 4.21. The smallest absolute Gasteiger partial charge is 0.309 e. The second-order valence-corrected chi connectivity index (χ2v) is 6.22. The van der Waals surface area contributed by atoms with Crippen LogP contribution in [0.5, 0.6) is 0 Å². The van der Waals surface area contributed by atoms with Gasteiger partial charge < -0.3 is 14.6 Å². The molecule has 1 saturated carbocycles. The van der Waals surface area contributed by atoms with Crippen LogP contribution in [-0.2, 0) is 19.1 Å². The lowest BCUT2D eigenvalue weighted by Gasteiger charge is -2.29. The molecule has 0 aromatic rings. The third-order valence-electron chi connectivity index (χ3n) is 3.39. The quantitative estimate of drug-likeness (QED) is 0.742. The Morgan fingerprint density at radius 3 is 2.20 bits per heavy atom. The fourth-order valence-corrected chi connectivity index (χ4v) is 2.94. The Kier molecular flexibility index (Phi) is 8.18. The van der Waals surface area contributed by atoms with E-state index in [-0.39, 0.29) is 23.6 Å². The van der Waals surface area contributed by atoms with E-state index in [1.165, 1.54) is 6.92 Å². The van der Waals surface area contributed by atoms with Crippen LogP contribution in [0, 0.1) is 5.92 Å². The van der Waals surface area contributed by atoms with Gasteiger partial charge in [0.05, 0.1) is 24.7 Å². The molecule has 1 atom stereocenters. The van der Waals surface area contributed by atoms with Gasteiger partial charge >= 0.3 is 5.97 Å². The van der Waals surface area contributed by atoms with Crippen LogP contribution in [0.1, 0.15) is 39.5 Å². The first-order valence-corrected chi connectivity index (χ1v) is 8.10. The summed E-state index contributed by atoms with van der Waals surface area (Å²) >= 11 is 1.04. The van der Waals surface area contributed by atoms with Crippen molar-refractivity contribution < 1.29 is 24.2 Å². The van der Waals surface area contributed by atoms with Crippen LogP contribution in [0.2, 0.25) is 0 Å². The van der Waals surface area contributed by atoms with Crippen LogP contribution >= 0.6 is 11.8 Å². The molecular weight excluding hydrogens is 280 g/mol. The summed E-state index contributed by atoms with van der Waals surface area (Å²) in [6, 6.07) is 0. The van der Waals surface area contributed by atoms with Crippen LogP contribution in [-0.4, -0.2) is 47.4 Å². The van der Waals surface area contributed by atoms with Gasteiger partial charge in [0, 0.05) is 19.3 Å². The lowest BCUT2D eigenvalue weighted by Crippen LogP contribution is -2.30. The third kappa shape index (κ3) is 6.72. The SMILES string of the molecule is CCOC1CCC(OCC(CSC(C)=O)C(=O)O)CC1. The Labute approximate surface area is 124 Å². The predicted octanol–water partition coefficient (Wildman–Crippen LogP) is 2.33. The summed E-state index contributed by atoms with van der Waals surface area (Å²) in [4.78, 5) is 22.0. The van der Waals surface area contributed by atoms with Crippen molar-refractivity contribution in [2.75, 3.05) is 19.0 Å². The van der Waals surface area contributed by atoms with E-state index in [1.807, 2.05) is 6.92 Å². The molecule has 0 amide bonds. The van der Waals surface area contributed by atoms with Gasteiger partial charge in [0.25, 0.3) is 0 Å². The molecular formula is C14H24O5S. The van der Waals surface area contributed by atoms with E-state index >= 15 is 0 Å². The Balaban J connectivity index is 2.26. The molecule has 6 heteroatoms. The zero-order valence-electron chi connectivity index (χ0n) is 12.2. The normalized spacial score (nSPS) is 24.3. The van der Waals surface area contributed by atoms with Gasteiger partial charge in [-0.25, -0.2) is 0 Å². The molecule has 0 heterocycles. The lowest BCUT2D eigenvalue weighted by atomic mass is 9.95. The number of hydrogen-bond donors (Lipinski definition) is 1. The third-order valence-corrected chi connectivity index (χ3v) is 4.37. The molecule has 0 radical (unpaired) electrons. The van der Waals surface area contributed by atoms with Crippen LogP contribution in [0.4, 0.5) is 0 Å². The van der Waals surface area contributed by atoms with Gasteiger partial charge in [-0.2, -0.15) is 0 Å². The number of hydrogen-bond acceptors (Lipinski definition) is 5. The Hall–Kier alpha value is -0.590. The van der Waals surface area contributed by atoms with E-state index < -0.39 is 11.9 Å². The Bertz CT molecular complexity index is 313. The number of carboxylic acids is 1. The fraction of sp³-hybridized carbons (Fsp3) is 0.857. The highest BCUT2D eigenvalue weighted by atomic mass is 32.2.